The van der Waals surface area contributed by atoms with Crippen LogP contribution in [0.3, 0.4) is 0 Å². The summed E-state index contributed by atoms with van der Waals surface area (Å²) in [5, 5.41) is 8.22. The number of halogens is 1. The normalized spacial score (nSPS) is 15.2. The summed E-state index contributed by atoms with van der Waals surface area (Å²) in [5.74, 6) is 0. The number of rotatable bonds is 1. The van der Waals surface area contributed by atoms with Gasteiger partial charge in [-0.1, -0.05) is 6.92 Å². The first-order valence-corrected chi connectivity index (χ1v) is 2.32. The Morgan fingerprint density at radius 2 is 2.12 bits per heavy atom. The molecule has 0 fully saturated rings. The molecule has 0 radical (unpaired) electrons. The van der Waals surface area contributed by atoms with Crippen molar-refractivity contribution in [3.05, 3.63) is 0 Å². The summed E-state index contributed by atoms with van der Waals surface area (Å²) in [6.07, 6.45) is 0.712. The third-order valence-corrected chi connectivity index (χ3v) is 0.990. The van der Waals surface area contributed by atoms with Crippen LogP contribution in [-0.2, 0) is 0 Å². The third kappa shape index (κ3) is 3.91. The first-order valence-electron chi connectivity index (χ1n) is 2.32. The molecule has 0 aliphatic heterocycles. The topological polar surface area (TPSA) is 49.8 Å². The molecule has 0 bridgehead atoms. The highest BCUT2D eigenvalue weighted by molar-refractivity contribution is 5.85. The van der Waals surface area contributed by atoms with E-state index in [9.17, 15) is 0 Å². The summed E-state index contributed by atoms with van der Waals surface area (Å²) >= 11 is 0. The summed E-state index contributed by atoms with van der Waals surface area (Å²) in [6.45, 7) is 3.61. The van der Waals surface area contributed by atoms with Gasteiger partial charge < -0.3 is 5.73 Å². The lowest BCUT2D eigenvalue weighted by Gasteiger charge is -2.09. The molecule has 1 atom stereocenters. The van der Waals surface area contributed by atoms with Crippen LogP contribution in [0.15, 0.2) is 0 Å². The first kappa shape index (κ1) is 10.7. The van der Waals surface area contributed by atoms with Gasteiger partial charge in [-0.25, -0.2) is 0 Å². The molecule has 0 heterocycles. The van der Waals surface area contributed by atoms with E-state index in [-0.39, 0.29) is 12.4 Å². The van der Waals surface area contributed by atoms with E-state index in [1.807, 2.05) is 13.0 Å². The van der Waals surface area contributed by atoms with Crippen LogP contribution in [0.4, 0.5) is 0 Å². The number of hydrogen-bond donors (Lipinski definition) is 1. The molecule has 0 spiro atoms. The fourth-order valence-corrected chi connectivity index (χ4v) is 0.0791. The van der Waals surface area contributed by atoms with Crippen LogP contribution < -0.4 is 5.73 Å². The standard InChI is InChI=1S/C5H10N2.ClH/c1-3-5(2,7)4-6;/h3,7H2,1-2H3;1H/t5-;/m0./s1. The highest BCUT2D eigenvalue weighted by Crippen LogP contribution is 1.99. The van der Waals surface area contributed by atoms with Gasteiger partial charge in [-0.15, -0.1) is 12.4 Å². The molecular formula is C5H11ClN2. The smallest absolute Gasteiger partial charge is 0.101 e. The molecule has 0 aromatic heterocycles. The lowest BCUT2D eigenvalue weighted by molar-refractivity contribution is 0.578. The summed E-state index contributed by atoms with van der Waals surface area (Å²) in [4.78, 5) is 0. The van der Waals surface area contributed by atoms with Crippen LogP contribution in [0.1, 0.15) is 20.3 Å². The molecule has 8 heavy (non-hydrogen) atoms. The maximum absolute atomic E-state index is 8.22. The Balaban J connectivity index is 0. The molecule has 2 N–H and O–H groups in total. The van der Waals surface area contributed by atoms with Crippen LogP contribution in [0.2, 0.25) is 0 Å². The second-order valence-electron chi connectivity index (χ2n) is 1.88. The Kier molecular flexibility index (Phi) is 4.94. The van der Waals surface area contributed by atoms with Crippen LogP contribution >= 0.6 is 12.4 Å². The van der Waals surface area contributed by atoms with Crippen molar-refractivity contribution in [3.8, 4) is 6.07 Å². The van der Waals surface area contributed by atoms with E-state index in [0.29, 0.717) is 6.42 Å². The van der Waals surface area contributed by atoms with Gasteiger partial charge in [0.25, 0.3) is 0 Å². The number of hydrogen-bond acceptors (Lipinski definition) is 2. The van der Waals surface area contributed by atoms with E-state index in [1.54, 1.807) is 6.92 Å². The largest absolute Gasteiger partial charge is 0.314 e. The van der Waals surface area contributed by atoms with E-state index >= 15 is 0 Å². The predicted octanol–water partition coefficient (Wildman–Crippen LogP) is 1.06. The van der Waals surface area contributed by atoms with Crippen molar-refractivity contribution in [1.29, 1.82) is 5.26 Å². The molecule has 3 heteroatoms. The fraction of sp³-hybridized carbons (Fsp3) is 0.800. The number of nitrogens with two attached hydrogens (primary N) is 1. The minimum Gasteiger partial charge on any atom is -0.314 e. The molecule has 48 valence electrons. The predicted molar refractivity (Wildman–Crippen MR) is 35.7 cm³/mol. The average molecular weight is 135 g/mol. The van der Waals surface area contributed by atoms with Gasteiger partial charge in [0, 0.05) is 0 Å². The highest BCUT2D eigenvalue weighted by atomic mass is 35.5. The first-order chi connectivity index (χ1) is 3.12. The van der Waals surface area contributed by atoms with E-state index in [2.05, 4.69) is 0 Å². The minimum atomic E-state index is -0.611. The molecule has 0 aliphatic rings. The zero-order chi connectivity index (χ0) is 5.91. The molecular weight excluding hydrogens is 124 g/mol. The zero-order valence-corrected chi connectivity index (χ0v) is 5.96. The minimum absolute atomic E-state index is 0. The van der Waals surface area contributed by atoms with E-state index < -0.39 is 5.54 Å². The van der Waals surface area contributed by atoms with Crippen molar-refractivity contribution in [2.45, 2.75) is 25.8 Å². The Morgan fingerprint density at radius 3 is 2.12 bits per heavy atom. The number of nitrogens with zero attached hydrogens (tertiary/aromatic N) is 1. The highest BCUT2D eigenvalue weighted by Gasteiger charge is 2.11. The molecule has 0 aromatic rings. The van der Waals surface area contributed by atoms with Gasteiger partial charge in [0.15, 0.2) is 0 Å². The van der Waals surface area contributed by atoms with Gasteiger partial charge in [-0.3, -0.25) is 0 Å². The second-order valence-corrected chi connectivity index (χ2v) is 1.88. The van der Waals surface area contributed by atoms with Gasteiger partial charge in [0.05, 0.1) is 6.07 Å². The number of nitriles is 1. The van der Waals surface area contributed by atoms with E-state index in [0.717, 1.165) is 0 Å². The van der Waals surface area contributed by atoms with Crippen LogP contribution in [-0.4, -0.2) is 5.54 Å². The zero-order valence-electron chi connectivity index (χ0n) is 5.14. The maximum Gasteiger partial charge on any atom is 0.101 e. The van der Waals surface area contributed by atoms with Gasteiger partial charge in [-0.2, -0.15) is 5.26 Å². The van der Waals surface area contributed by atoms with Crippen LogP contribution in [0.5, 0.6) is 0 Å². The summed E-state index contributed by atoms with van der Waals surface area (Å²) < 4.78 is 0. The van der Waals surface area contributed by atoms with Gasteiger partial charge in [-0.05, 0) is 13.3 Å². The summed E-state index contributed by atoms with van der Waals surface area (Å²) in [7, 11) is 0. The Labute approximate surface area is 56.1 Å². The van der Waals surface area contributed by atoms with Gasteiger partial charge in [0.1, 0.15) is 5.54 Å². The van der Waals surface area contributed by atoms with Crippen molar-refractivity contribution < 1.29 is 0 Å². The molecule has 0 saturated carbocycles. The summed E-state index contributed by atoms with van der Waals surface area (Å²) in [5.41, 5.74) is 4.74. The molecule has 2 nitrogen and oxygen atoms in total. The molecule has 0 rings (SSSR count). The van der Waals surface area contributed by atoms with Crippen LogP contribution in [0.25, 0.3) is 0 Å². The lowest BCUT2D eigenvalue weighted by Crippen LogP contribution is -2.32. The van der Waals surface area contributed by atoms with Crippen molar-refractivity contribution in [2.75, 3.05) is 0 Å². The second kappa shape index (κ2) is 3.71. The summed E-state index contributed by atoms with van der Waals surface area (Å²) in [6, 6.07) is 1.97. The SMILES string of the molecule is CC[C@](C)(N)C#N.Cl. The molecule has 0 aliphatic carbocycles. The van der Waals surface area contributed by atoms with E-state index in [1.165, 1.54) is 0 Å². The Bertz CT molecular complexity index is 93.1. The van der Waals surface area contributed by atoms with Crippen molar-refractivity contribution in [3.63, 3.8) is 0 Å². The van der Waals surface area contributed by atoms with Crippen LogP contribution in [0, 0.1) is 11.3 Å². The quantitative estimate of drug-likeness (QED) is 0.583. The molecule has 0 unspecified atom stereocenters. The molecule has 0 amide bonds. The Hall–Kier alpha value is -0.260. The monoisotopic (exact) mass is 134 g/mol. The van der Waals surface area contributed by atoms with Crippen molar-refractivity contribution in [2.24, 2.45) is 5.73 Å². The third-order valence-electron chi connectivity index (χ3n) is 0.990. The maximum atomic E-state index is 8.22. The molecule has 0 saturated heterocycles. The van der Waals surface area contributed by atoms with Crippen molar-refractivity contribution in [1.82, 2.24) is 0 Å². The van der Waals surface area contributed by atoms with E-state index in [4.69, 9.17) is 11.0 Å². The lowest BCUT2D eigenvalue weighted by atomic mass is 10.0. The van der Waals surface area contributed by atoms with Crippen molar-refractivity contribution >= 4 is 12.4 Å². The van der Waals surface area contributed by atoms with Gasteiger partial charge in [0.2, 0.25) is 0 Å². The average Bonchev–Trinajstić information content (AvgIpc) is 1.68. The fourth-order valence-electron chi connectivity index (χ4n) is 0.0791. The Morgan fingerprint density at radius 1 is 1.75 bits per heavy atom. The molecule has 0 aromatic carbocycles. The van der Waals surface area contributed by atoms with Gasteiger partial charge >= 0.3 is 0 Å².